The van der Waals surface area contributed by atoms with Crippen LogP contribution in [0.3, 0.4) is 0 Å². The summed E-state index contributed by atoms with van der Waals surface area (Å²) >= 11 is 0. The molecule has 0 amide bonds. The topological polar surface area (TPSA) is 114 Å². The number of aromatic amines is 1. The Kier molecular flexibility index (Phi) is 4.23. The molecule has 0 aliphatic carbocycles. The van der Waals surface area contributed by atoms with Gasteiger partial charge in [0, 0.05) is 24.8 Å². The van der Waals surface area contributed by atoms with Crippen LogP contribution in [0.25, 0.3) is 0 Å². The van der Waals surface area contributed by atoms with Crippen LogP contribution in [-0.4, -0.2) is 33.9 Å². The largest absolute Gasteiger partial charge is 0.396 e. The van der Waals surface area contributed by atoms with E-state index in [1.165, 1.54) is 16.8 Å². The van der Waals surface area contributed by atoms with E-state index < -0.39 is 17.5 Å². The molecule has 8 heteroatoms. The molecule has 2 N–H and O–H groups in total. The number of nitrogens with zero attached hydrogens (tertiary/aromatic N) is 2. The van der Waals surface area contributed by atoms with Gasteiger partial charge in [-0.15, -0.1) is 0 Å². The lowest BCUT2D eigenvalue weighted by Crippen LogP contribution is -2.33. The van der Waals surface area contributed by atoms with Crippen LogP contribution >= 0.6 is 0 Å². The third-order valence-electron chi connectivity index (χ3n) is 3.20. The Balaban J connectivity index is 2.27. The fourth-order valence-corrected chi connectivity index (χ4v) is 2.37. The van der Waals surface area contributed by atoms with Gasteiger partial charge in [-0.3, -0.25) is 14.3 Å². The number of nitroso groups, excluding NO2 is 1. The van der Waals surface area contributed by atoms with Crippen LogP contribution in [-0.2, 0) is 4.74 Å². The molecule has 1 aliphatic rings. The van der Waals surface area contributed by atoms with E-state index in [4.69, 9.17) is 9.84 Å². The minimum absolute atomic E-state index is 0.0104. The Bertz CT molecular complexity index is 552. The van der Waals surface area contributed by atoms with E-state index in [-0.39, 0.29) is 25.2 Å². The van der Waals surface area contributed by atoms with Crippen molar-refractivity contribution < 1.29 is 9.84 Å². The van der Waals surface area contributed by atoms with Crippen molar-refractivity contribution >= 4 is 0 Å². The number of aromatic nitrogens is 2. The number of ether oxygens (including phenoxy) is 1. The lowest BCUT2D eigenvalue weighted by atomic mass is 9.99. The summed E-state index contributed by atoms with van der Waals surface area (Å²) < 4.78 is 6.88. The highest BCUT2D eigenvalue weighted by atomic mass is 16.5. The molecule has 3 atom stereocenters. The number of hydrogen-bond donors (Lipinski definition) is 2. The van der Waals surface area contributed by atoms with Gasteiger partial charge in [0.1, 0.15) is 12.8 Å². The summed E-state index contributed by atoms with van der Waals surface area (Å²) in [7, 11) is 0. The molecular formula is C11H15N3O5. The van der Waals surface area contributed by atoms with Gasteiger partial charge in [0.15, 0.2) is 0 Å². The average molecular weight is 269 g/mol. The fraction of sp³-hybridized carbons (Fsp3) is 0.636. The SMILES string of the molecule is O=NC[C@@H]1CC(CCO)C(n2ccc(=O)[nH]c2=O)O1. The van der Waals surface area contributed by atoms with E-state index in [1.54, 1.807) is 0 Å². The van der Waals surface area contributed by atoms with Crippen molar-refractivity contribution in [1.82, 2.24) is 9.55 Å². The van der Waals surface area contributed by atoms with Gasteiger partial charge in [-0.1, -0.05) is 5.18 Å². The second kappa shape index (κ2) is 5.89. The summed E-state index contributed by atoms with van der Waals surface area (Å²) in [5.41, 5.74) is -1.05. The first kappa shape index (κ1) is 13.6. The van der Waals surface area contributed by atoms with Gasteiger partial charge >= 0.3 is 5.69 Å². The Labute approximate surface area is 108 Å². The first-order valence-electron chi connectivity index (χ1n) is 6.02. The van der Waals surface area contributed by atoms with E-state index in [0.717, 1.165) is 0 Å². The lowest BCUT2D eigenvalue weighted by molar-refractivity contribution is -0.0149. The second-order valence-corrected chi connectivity index (χ2v) is 4.49. The van der Waals surface area contributed by atoms with Crippen LogP contribution in [0.4, 0.5) is 0 Å². The lowest BCUT2D eigenvalue weighted by Gasteiger charge is -2.19. The van der Waals surface area contributed by atoms with Crippen molar-refractivity contribution in [3.63, 3.8) is 0 Å². The molecule has 2 unspecified atom stereocenters. The van der Waals surface area contributed by atoms with E-state index >= 15 is 0 Å². The number of nitrogens with one attached hydrogen (secondary N) is 1. The van der Waals surface area contributed by atoms with Crippen molar-refractivity contribution in [2.75, 3.05) is 13.2 Å². The second-order valence-electron chi connectivity index (χ2n) is 4.49. The zero-order chi connectivity index (χ0) is 13.8. The fourth-order valence-electron chi connectivity index (χ4n) is 2.37. The minimum Gasteiger partial charge on any atom is -0.396 e. The van der Waals surface area contributed by atoms with Crippen molar-refractivity contribution in [2.45, 2.75) is 25.2 Å². The highest BCUT2D eigenvalue weighted by molar-refractivity contribution is 4.89. The smallest absolute Gasteiger partial charge is 0.330 e. The van der Waals surface area contributed by atoms with E-state index in [0.29, 0.717) is 12.8 Å². The summed E-state index contributed by atoms with van der Waals surface area (Å²) in [6.45, 7) is -0.0274. The molecule has 104 valence electrons. The molecule has 0 spiro atoms. The predicted molar refractivity (Wildman–Crippen MR) is 65.7 cm³/mol. The van der Waals surface area contributed by atoms with Gasteiger partial charge < -0.3 is 9.84 Å². The van der Waals surface area contributed by atoms with Crippen molar-refractivity contribution in [1.29, 1.82) is 0 Å². The summed E-state index contributed by atoms with van der Waals surface area (Å²) in [6.07, 6.45) is 1.39. The van der Waals surface area contributed by atoms with Gasteiger partial charge in [-0.05, 0) is 12.8 Å². The van der Waals surface area contributed by atoms with Gasteiger partial charge in [-0.25, -0.2) is 4.79 Å². The first-order valence-corrected chi connectivity index (χ1v) is 6.02. The molecule has 2 rings (SSSR count). The molecule has 0 aromatic carbocycles. The highest BCUT2D eigenvalue weighted by Gasteiger charge is 2.36. The molecule has 2 heterocycles. The number of aliphatic hydroxyl groups excluding tert-OH is 1. The third-order valence-corrected chi connectivity index (χ3v) is 3.20. The molecule has 1 aromatic rings. The Hall–Kier alpha value is -1.80. The summed E-state index contributed by atoms with van der Waals surface area (Å²) in [4.78, 5) is 35.2. The van der Waals surface area contributed by atoms with Gasteiger partial charge in [0.25, 0.3) is 5.56 Å². The van der Waals surface area contributed by atoms with Gasteiger partial charge in [0.2, 0.25) is 0 Å². The van der Waals surface area contributed by atoms with E-state index in [9.17, 15) is 14.5 Å². The molecule has 0 radical (unpaired) electrons. The first-order chi connectivity index (χ1) is 9.15. The van der Waals surface area contributed by atoms with Crippen molar-refractivity contribution in [2.24, 2.45) is 11.1 Å². The Morgan fingerprint density at radius 1 is 1.53 bits per heavy atom. The molecule has 0 bridgehead atoms. The van der Waals surface area contributed by atoms with Crippen LogP contribution in [0.2, 0.25) is 0 Å². The maximum absolute atomic E-state index is 11.7. The molecule has 1 aromatic heterocycles. The molecular weight excluding hydrogens is 254 g/mol. The Morgan fingerprint density at radius 3 is 2.95 bits per heavy atom. The zero-order valence-corrected chi connectivity index (χ0v) is 10.2. The zero-order valence-electron chi connectivity index (χ0n) is 10.2. The average Bonchev–Trinajstić information content (AvgIpc) is 2.73. The van der Waals surface area contributed by atoms with Crippen LogP contribution < -0.4 is 11.2 Å². The van der Waals surface area contributed by atoms with Crippen LogP contribution in [0.15, 0.2) is 27.0 Å². The number of rotatable bonds is 5. The Morgan fingerprint density at radius 2 is 2.32 bits per heavy atom. The summed E-state index contributed by atoms with van der Waals surface area (Å²) in [5, 5.41) is 11.8. The monoisotopic (exact) mass is 269 g/mol. The van der Waals surface area contributed by atoms with E-state index in [2.05, 4.69) is 10.2 Å². The number of hydrogen-bond acceptors (Lipinski definition) is 6. The molecule has 8 nitrogen and oxygen atoms in total. The van der Waals surface area contributed by atoms with E-state index in [1.807, 2.05) is 0 Å². The van der Waals surface area contributed by atoms with Gasteiger partial charge in [-0.2, -0.15) is 4.91 Å². The summed E-state index contributed by atoms with van der Waals surface area (Å²) in [6, 6.07) is 1.23. The molecule has 0 saturated carbocycles. The molecule has 19 heavy (non-hydrogen) atoms. The van der Waals surface area contributed by atoms with Crippen LogP contribution in [0.1, 0.15) is 19.1 Å². The van der Waals surface area contributed by atoms with Gasteiger partial charge in [0.05, 0.1) is 6.10 Å². The maximum atomic E-state index is 11.7. The normalized spacial score (nSPS) is 26.5. The number of H-pyrrole nitrogens is 1. The predicted octanol–water partition coefficient (Wildman–Crippen LogP) is -0.411. The molecule has 1 saturated heterocycles. The maximum Gasteiger partial charge on any atom is 0.330 e. The molecule has 1 aliphatic heterocycles. The third kappa shape index (κ3) is 2.96. The minimum atomic E-state index is -0.594. The van der Waals surface area contributed by atoms with Crippen LogP contribution in [0, 0.1) is 10.8 Å². The highest BCUT2D eigenvalue weighted by Crippen LogP contribution is 2.35. The van der Waals surface area contributed by atoms with Crippen molar-refractivity contribution in [3.8, 4) is 0 Å². The van der Waals surface area contributed by atoms with Crippen molar-refractivity contribution in [3.05, 3.63) is 38.0 Å². The standard InChI is InChI=1S/C11H15N3O5/c15-4-2-7-5-8(6-12-18)19-10(7)14-3-1-9(16)13-11(14)17/h1,3,7-8,10,15H,2,4-6H2,(H,13,16,17)/t7?,8-,10?/m0/s1. The number of aliphatic hydroxyl groups is 1. The summed E-state index contributed by atoms with van der Waals surface area (Å²) in [5.74, 6) is -0.0969. The molecule has 1 fully saturated rings. The quantitative estimate of drug-likeness (QED) is 0.705. The van der Waals surface area contributed by atoms with Crippen LogP contribution in [0.5, 0.6) is 0 Å².